The summed E-state index contributed by atoms with van der Waals surface area (Å²) in [6.07, 6.45) is 8.02. The van der Waals surface area contributed by atoms with Crippen LogP contribution in [-0.2, 0) is 0 Å². The predicted molar refractivity (Wildman–Crippen MR) is 128 cm³/mol. The molecule has 1 heteroatoms. The second-order valence-electron chi connectivity index (χ2n) is 7.78. The van der Waals surface area contributed by atoms with Crippen LogP contribution in [0.5, 0.6) is 0 Å². The van der Waals surface area contributed by atoms with Gasteiger partial charge in [0.1, 0.15) is 23.2 Å². The molecule has 0 nitrogen and oxygen atoms in total. The van der Waals surface area contributed by atoms with Crippen molar-refractivity contribution in [1.29, 1.82) is 0 Å². The fourth-order valence-corrected chi connectivity index (χ4v) is 9.36. The van der Waals surface area contributed by atoms with E-state index < -0.39 is 7.26 Å². The van der Waals surface area contributed by atoms with E-state index in [1.165, 1.54) is 54.4 Å². The van der Waals surface area contributed by atoms with E-state index in [4.69, 9.17) is 0 Å². The van der Waals surface area contributed by atoms with E-state index in [2.05, 4.69) is 105 Å². The van der Waals surface area contributed by atoms with Gasteiger partial charge in [-0.3, -0.25) is 0 Å². The highest BCUT2D eigenvalue weighted by atomic mass is 31.2. The zero-order valence-corrected chi connectivity index (χ0v) is 18.3. The first kappa shape index (κ1) is 20.8. The Morgan fingerprint density at radius 2 is 0.964 bits per heavy atom. The summed E-state index contributed by atoms with van der Waals surface area (Å²) >= 11 is 0. The molecule has 3 aromatic carbocycles. The van der Waals surface area contributed by atoms with Gasteiger partial charge in [-0.25, -0.2) is 0 Å². The normalized spacial score (nSPS) is 12.6. The summed E-state index contributed by atoms with van der Waals surface area (Å²) in [7, 11) is -1.70. The zero-order valence-electron chi connectivity index (χ0n) is 17.4. The first-order valence-corrected chi connectivity index (χ1v) is 12.7. The van der Waals surface area contributed by atoms with Gasteiger partial charge in [-0.1, -0.05) is 87.2 Å². The quantitative estimate of drug-likeness (QED) is 0.266. The van der Waals surface area contributed by atoms with E-state index in [1.54, 1.807) is 0 Å². The van der Waals surface area contributed by atoms with Crippen LogP contribution < -0.4 is 15.9 Å². The highest BCUT2D eigenvalue weighted by molar-refractivity contribution is 7.96. The molecule has 1 atom stereocenters. The Balaban J connectivity index is 2.06. The summed E-state index contributed by atoms with van der Waals surface area (Å²) in [5, 5.41) is 4.52. The molecule has 0 aliphatic rings. The summed E-state index contributed by atoms with van der Waals surface area (Å²) in [6.45, 7) is 4.79. The number of rotatable bonds is 10. The van der Waals surface area contributed by atoms with Gasteiger partial charge in [0.2, 0.25) is 0 Å². The van der Waals surface area contributed by atoms with E-state index >= 15 is 0 Å². The molecule has 0 saturated carbocycles. The SMILES string of the molecule is CCCCCCCC(C)[P+](c1ccccc1)(c1ccccc1)c1ccccc1. The van der Waals surface area contributed by atoms with Crippen molar-refractivity contribution in [3.8, 4) is 0 Å². The first-order valence-electron chi connectivity index (χ1n) is 10.9. The third-order valence-corrected chi connectivity index (χ3v) is 10.8. The van der Waals surface area contributed by atoms with Gasteiger partial charge >= 0.3 is 0 Å². The molecule has 0 aliphatic heterocycles. The molecule has 0 heterocycles. The van der Waals surface area contributed by atoms with E-state index in [0.717, 1.165) is 0 Å². The molecule has 0 saturated heterocycles. The molecular formula is C27H34P+. The molecule has 146 valence electrons. The standard InChI is InChI=1S/C27H34P/c1-3-4-5-6-10-17-24(2)28(25-18-11-7-12-19-25,26-20-13-8-14-21-26)27-22-15-9-16-23-27/h7-9,11-16,18-24H,3-6,10,17H2,1-2H3/q+1. The van der Waals surface area contributed by atoms with E-state index in [-0.39, 0.29) is 0 Å². The molecule has 0 aliphatic carbocycles. The van der Waals surface area contributed by atoms with Crippen molar-refractivity contribution in [3.05, 3.63) is 91.0 Å². The molecule has 0 fully saturated rings. The van der Waals surface area contributed by atoms with Gasteiger partial charge in [-0.15, -0.1) is 0 Å². The van der Waals surface area contributed by atoms with Crippen LogP contribution in [0, 0.1) is 0 Å². The maximum atomic E-state index is 2.50. The van der Waals surface area contributed by atoms with Crippen LogP contribution in [0.1, 0.15) is 52.4 Å². The lowest BCUT2D eigenvalue weighted by molar-refractivity contribution is 0.604. The lowest BCUT2D eigenvalue weighted by Gasteiger charge is -2.33. The molecular weight excluding hydrogens is 355 g/mol. The van der Waals surface area contributed by atoms with Crippen molar-refractivity contribution >= 4 is 23.2 Å². The molecule has 0 radical (unpaired) electrons. The molecule has 0 bridgehead atoms. The van der Waals surface area contributed by atoms with Crippen LogP contribution in [0.2, 0.25) is 0 Å². The van der Waals surface area contributed by atoms with Gasteiger partial charge in [0.25, 0.3) is 0 Å². The number of benzene rings is 3. The number of hydrogen-bond acceptors (Lipinski definition) is 0. The predicted octanol–water partition coefficient (Wildman–Crippen LogP) is 6.73. The molecule has 28 heavy (non-hydrogen) atoms. The molecule has 0 amide bonds. The van der Waals surface area contributed by atoms with Crippen molar-refractivity contribution in [3.63, 3.8) is 0 Å². The lowest BCUT2D eigenvalue weighted by Crippen LogP contribution is -2.37. The van der Waals surface area contributed by atoms with Gasteiger partial charge in [0, 0.05) is 0 Å². The zero-order chi connectivity index (χ0) is 19.7. The Morgan fingerprint density at radius 3 is 1.36 bits per heavy atom. The van der Waals surface area contributed by atoms with Crippen LogP contribution >= 0.6 is 7.26 Å². The lowest BCUT2D eigenvalue weighted by atomic mass is 10.1. The van der Waals surface area contributed by atoms with Crippen LogP contribution in [0.3, 0.4) is 0 Å². The van der Waals surface area contributed by atoms with Gasteiger partial charge in [-0.2, -0.15) is 0 Å². The van der Waals surface area contributed by atoms with Crippen LogP contribution in [0.15, 0.2) is 91.0 Å². The molecule has 0 aromatic heterocycles. The average molecular weight is 390 g/mol. The second-order valence-corrected chi connectivity index (χ2v) is 11.7. The van der Waals surface area contributed by atoms with Gasteiger partial charge in [0.05, 0.1) is 5.66 Å². The fraction of sp³-hybridized carbons (Fsp3) is 0.333. The van der Waals surface area contributed by atoms with Gasteiger partial charge in [-0.05, 0) is 56.2 Å². The molecule has 0 N–H and O–H groups in total. The summed E-state index contributed by atoms with van der Waals surface area (Å²) in [4.78, 5) is 0. The minimum atomic E-state index is -1.70. The van der Waals surface area contributed by atoms with Crippen molar-refractivity contribution in [1.82, 2.24) is 0 Å². The Kier molecular flexibility index (Phi) is 7.87. The topological polar surface area (TPSA) is 0 Å². The van der Waals surface area contributed by atoms with E-state index in [1.807, 2.05) is 0 Å². The first-order chi connectivity index (χ1) is 13.8. The summed E-state index contributed by atoms with van der Waals surface area (Å²) in [6, 6.07) is 33.9. The third kappa shape index (κ3) is 4.56. The number of unbranched alkanes of at least 4 members (excludes halogenated alkanes) is 4. The summed E-state index contributed by atoms with van der Waals surface area (Å²) in [5.41, 5.74) is 0.626. The Morgan fingerprint density at radius 1 is 0.571 bits per heavy atom. The fourth-order valence-electron chi connectivity index (χ4n) is 4.44. The number of hydrogen-bond donors (Lipinski definition) is 0. The minimum Gasteiger partial charge on any atom is -0.0654 e. The molecule has 3 aromatic rings. The average Bonchev–Trinajstić information content (AvgIpc) is 2.76. The highest BCUT2D eigenvalue weighted by Gasteiger charge is 2.49. The van der Waals surface area contributed by atoms with Crippen molar-refractivity contribution < 1.29 is 0 Å². The maximum absolute atomic E-state index is 2.50. The smallest absolute Gasteiger partial charge is 0.0654 e. The van der Waals surface area contributed by atoms with E-state index in [0.29, 0.717) is 5.66 Å². The summed E-state index contributed by atoms with van der Waals surface area (Å²) < 4.78 is 0. The van der Waals surface area contributed by atoms with Crippen molar-refractivity contribution in [2.45, 2.75) is 58.0 Å². The Hall–Kier alpha value is -1.91. The maximum Gasteiger partial charge on any atom is 0.114 e. The van der Waals surface area contributed by atoms with E-state index in [9.17, 15) is 0 Å². The van der Waals surface area contributed by atoms with Crippen LogP contribution in [-0.4, -0.2) is 5.66 Å². The molecule has 0 spiro atoms. The monoisotopic (exact) mass is 389 g/mol. The third-order valence-electron chi connectivity index (χ3n) is 5.88. The summed E-state index contributed by atoms with van der Waals surface area (Å²) in [5.74, 6) is 0. The molecule has 3 rings (SSSR count). The van der Waals surface area contributed by atoms with Gasteiger partial charge < -0.3 is 0 Å². The minimum absolute atomic E-state index is 0.626. The molecule has 1 unspecified atom stereocenters. The Labute approximate surface area is 172 Å². The largest absolute Gasteiger partial charge is 0.114 e. The Bertz CT molecular complexity index is 699. The van der Waals surface area contributed by atoms with Crippen molar-refractivity contribution in [2.75, 3.05) is 0 Å². The highest BCUT2D eigenvalue weighted by Crippen LogP contribution is 2.60. The second kappa shape index (κ2) is 10.6. The van der Waals surface area contributed by atoms with Crippen LogP contribution in [0.25, 0.3) is 0 Å². The van der Waals surface area contributed by atoms with Gasteiger partial charge in [0.15, 0.2) is 0 Å². The van der Waals surface area contributed by atoms with Crippen molar-refractivity contribution in [2.24, 2.45) is 0 Å². The van der Waals surface area contributed by atoms with Crippen LogP contribution in [0.4, 0.5) is 0 Å².